The van der Waals surface area contributed by atoms with Gasteiger partial charge in [0, 0.05) is 0 Å². The highest BCUT2D eigenvalue weighted by atomic mass is 16.6. The minimum absolute atomic E-state index is 0.112. The number of carbonyl (C=O) groups excluding carboxylic acids is 1. The molecule has 3 heteroatoms. The molecule has 1 N–H and O–H groups in total. The summed E-state index contributed by atoms with van der Waals surface area (Å²) in [4.78, 5) is 10.8. The van der Waals surface area contributed by atoms with Crippen molar-refractivity contribution in [1.82, 2.24) is 0 Å². The van der Waals surface area contributed by atoms with Crippen LogP contribution in [0.25, 0.3) is 0 Å². The van der Waals surface area contributed by atoms with E-state index in [1.807, 2.05) is 0 Å². The fraction of sp³-hybridized carbons (Fsp3) is 0.857. The van der Waals surface area contributed by atoms with E-state index in [4.69, 9.17) is 4.74 Å². The molecular weight excluding hydrogens is 132 g/mol. The molecular formula is C7H10O3. The molecule has 2 aliphatic rings. The van der Waals surface area contributed by atoms with E-state index in [-0.39, 0.29) is 12.0 Å². The minimum Gasteiger partial charge on any atom is -0.460 e. The number of carbonyl (C=O) groups is 1. The van der Waals surface area contributed by atoms with Gasteiger partial charge in [0.1, 0.15) is 6.10 Å². The molecule has 1 saturated heterocycles. The monoisotopic (exact) mass is 142 g/mol. The van der Waals surface area contributed by atoms with E-state index in [1.165, 1.54) is 0 Å². The summed E-state index contributed by atoms with van der Waals surface area (Å²) < 4.78 is 4.90. The molecule has 0 aromatic heterocycles. The molecule has 0 unspecified atom stereocenters. The van der Waals surface area contributed by atoms with E-state index in [9.17, 15) is 9.90 Å². The maximum Gasteiger partial charge on any atom is 0.335 e. The summed E-state index contributed by atoms with van der Waals surface area (Å²) in [5.41, 5.74) is 0. The van der Waals surface area contributed by atoms with Crippen LogP contribution < -0.4 is 0 Å². The first kappa shape index (κ1) is 6.16. The molecule has 10 heavy (non-hydrogen) atoms. The third-order valence-corrected chi connectivity index (χ3v) is 2.40. The van der Waals surface area contributed by atoms with Gasteiger partial charge in [-0.15, -0.1) is 0 Å². The van der Waals surface area contributed by atoms with Gasteiger partial charge in [0.2, 0.25) is 0 Å². The van der Waals surface area contributed by atoms with Crippen LogP contribution in [0, 0.1) is 5.92 Å². The molecule has 1 aliphatic carbocycles. The van der Waals surface area contributed by atoms with Crippen molar-refractivity contribution >= 4 is 5.97 Å². The SMILES string of the molecule is O=C1O[C@@H]2CC[C@@H](C2)[C@H]1O. The number of aliphatic hydroxyl groups excluding tert-OH is 1. The summed E-state index contributed by atoms with van der Waals surface area (Å²) >= 11 is 0. The normalized spacial score (nSPS) is 45.3. The van der Waals surface area contributed by atoms with E-state index >= 15 is 0 Å². The van der Waals surface area contributed by atoms with Gasteiger partial charge in [0.25, 0.3) is 0 Å². The molecule has 1 saturated carbocycles. The smallest absolute Gasteiger partial charge is 0.335 e. The van der Waals surface area contributed by atoms with Gasteiger partial charge in [0.15, 0.2) is 6.10 Å². The number of ether oxygens (including phenoxy) is 1. The lowest BCUT2D eigenvalue weighted by Crippen LogP contribution is -2.36. The number of aliphatic hydroxyl groups is 1. The molecule has 2 bridgehead atoms. The van der Waals surface area contributed by atoms with E-state index in [0.717, 1.165) is 19.3 Å². The number of hydrogen-bond acceptors (Lipinski definition) is 3. The van der Waals surface area contributed by atoms with Crippen LogP contribution in [0.15, 0.2) is 0 Å². The van der Waals surface area contributed by atoms with Crippen LogP contribution in [-0.2, 0) is 9.53 Å². The van der Waals surface area contributed by atoms with E-state index in [0.29, 0.717) is 0 Å². The van der Waals surface area contributed by atoms with Crippen molar-refractivity contribution in [2.24, 2.45) is 5.92 Å². The van der Waals surface area contributed by atoms with Crippen LogP contribution >= 0.6 is 0 Å². The van der Waals surface area contributed by atoms with Crippen LogP contribution in [0.2, 0.25) is 0 Å². The second-order valence-electron chi connectivity index (χ2n) is 3.08. The highest BCUT2D eigenvalue weighted by molar-refractivity contribution is 5.76. The molecule has 0 aromatic carbocycles. The first-order chi connectivity index (χ1) is 4.77. The molecule has 56 valence electrons. The summed E-state index contributed by atoms with van der Waals surface area (Å²) in [6.07, 6.45) is 2.03. The van der Waals surface area contributed by atoms with Crippen LogP contribution in [0.4, 0.5) is 0 Å². The van der Waals surface area contributed by atoms with Crippen molar-refractivity contribution < 1.29 is 14.6 Å². The van der Waals surface area contributed by atoms with Crippen molar-refractivity contribution in [3.63, 3.8) is 0 Å². The molecule has 0 radical (unpaired) electrons. The fourth-order valence-electron chi connectivity index (χ4n) is 1.79. The van der Waals surface area contributed by atoms with Gasteiger partial charge in [-0.3, -0.25) is 0 Å². The van der Waals surface area contributed by atoms with E-state index in [2.05, 4.69) is 0 Å². The summed E-state index contributed by atoms with van der Waals surface area (Å²) in [7, 11) is 0. The minimum atomic E-state index is -0.834. The van der Waals surface area contributed by atoms with Crippen molar-refractivity contribution in [3.8, 4) is 0 Å². The Morgan fingerprint density at radius 3 is 3.10 bits per heavy atom. The number of rotatable bonds is 0. The first-order valence-corrected chi connectivity index (χ1v) is 3.66. The van der Waals surface area contributed by atoms with Crippen molar-refractivity contribution in [1.29, 1.82) is 0 Å². The van der Waals surface area contributed by atoms with Gasteiger partial charge in [-0.05, 0) is 25.2 Å². The summed E-state index contributed by atoms with van der Waals surface area (Å²) in [6.45, 7) is 0. The molecule has 0 aromatic rings. The largest absolute Gasteiger partial charge is 0.460 e. The molecule has 0 spiro atoms. The average Bonchev–Trinajstić information content (AvgIpc) is 2.29. The highest BCUT2D eigenvalue weighted by Gasteiger charge is 2.41. The fourth-order valence-corrected chi connectivity index (χ4v) is 1.79. The standard InChI is InChI=1S/C7H10O3/c8-6-4-1-2-5(3-4)10-7(6)9/h4-6,8H,1-3H2/t4-,5+,6+/m0/s1. The quantitative estimate of drug-likeness (QED) is 0.487. The Hall–Kier alpha value is -0.570. The Labute approximate surface area is 59.0 Å². The predicted molar refractivity (Wildman–Crippen MR) is 33.2 cm³/mol. The average molecular weight is 142 g/mol. The first-order valence-electron chi connectivity index (χ1n) is 3.66. The second kappa shape index (κ2) is 1.95. The summed E-state index contributed by atoms with van der Waals surface area (Å²) in [6, 6.07) is 0. The van der Waals surface area contributed by atoms with Crippen molar-refractivity contribution in [2.75, 3.05) is 0 Å². The molecule has 0 amide bonds. The van der Waals surface area contributed by atoms with Crippen LogP contribution in [0.5, 0.6) is 0 Å². The van der Waals surface area contributed by atoms with Crippen molar-refractivity contribution in [3.05, 3.63) is 0 Å². The van der Waals surface area contributed by atoms with Gasteiger partial charge in [-0.2, -0.15) is 0 Å². The van der Waals surface area contributed by atoms with Crippen molar-refractivity contribution in [2.45, 2.75) is 31.5 Å². The van der Waals surface area contributed by atoms with Gasteiger partial charge >= 0.3 is 5.97 Å². The van der Waals surface area contributed by atoms with Gasteiger partial charge in [0.05, 0.1) is 0 Å². The predicted octanol–water partition coefficient (Wildman–Crippen LogP) is 0.0728. The van der Waals surface area contributed by atoms with Crippen LogP contribution in [-0.4, -0.2) is 23.3 Å². The molecule has 2 rings (SSSR count). The zero-order chi connectivity index (χ0) is 7.14. The maximum absolute atomic E-state index is 10.8. The highest BCUT2D eigenvalue weighted by Crippen LogP contribution is 2.35. The van der Waals surface area contributed by atoms with Gasteiger partial charge in [-0.1, -0.05) is 0 Å². The molecule has 1 aliphatic heterocycles. The third kappa shape index (κ3) is 0.736. The Bertz CT molecular complexity index is 166. The molecule has 3 atom stereocenters. The summed E-state index contributed by atoms with van der Waals surface area (Å²) in [5.74, 6) is -0.231. The molecule has 2 fully saturated rings. The van der Waals surface area contributed by atoms with E-state index < -0.39 is 12.1 Å². The zero-order valence-corrected chi connectivity index (χ0v) is 5.62. The second-order valence-corrected chi connectivity index (χ2v) is 3.08. The topological polar surface area (TPSA) is 46.5 Å². The third-order valence-electron chi connectivity index (χ3n) is 2.40. The lowest BCUT2D eigenvalue weighted by Gasteiger charge is -2.23. The Kier molecular flexibility index (Phi) is 1.20. The number of esters is 1. The number of hydrogen-bond donors (Lipinski definition) is 1. The van der Waals surface area contributed by atoms with E-state index in [1.54, 1.807) is 0 Å². The van der Waals surface area contributed by atoms with Gasteiger partial charge < -0.3 is 9.84 Å². The molecule has 1 heterocycles. The maximum atomic E-state index is 10.8. The van der Waals surface area contributed by atoms with Gasteiger partial charge in [-0.25, -0.2) is 4.79 Å². The van der Waals surface area contributed by atoms with Crippen LogP contribution in [0.3, 0.4) is 0 Å². The summed E-state index contributed by atoms with van der Waals surface area (Å²) in [5, 5.41) is 9.19. The van der Waals surface area contributed by atoms with Crippen LogP contribution in [0.1, 0.15) is 19.3 Å². The zero-order valence-electron chi connectivity index (χ0n) is 5.62. The Morgan fingerprint density at radius 1 is 1.50 bits per heavy atom. The molecule has 3 nitrogen and oxygen atoms in total. The lowest BCUT2D eigenvalue weighted by atomic mass is 9.99. The lowest BCUT2D eigenvalue weighted by molar-refractivity contribution is -0.166. The Morgan fingerprint density at radius 2 is 2.30 bits per heavy atom. The Balaban J connectivity index is 2.17. The number of fused-ring (bicyclic) bond motifs is 2.